The van der Waals surface area contributed by atoms with Gasteiger partial charge in [-0.15, -0.1) is 11.6 Å². The lowest BCUT2D eigenvalue weighted by molar-refractivity contribution is 0.168. The first kappa shape index (κ1) is 10.7. The molecular formula is C9H11ClN2O2. The zero-order valence-corrected chi connectivity index (χ0v) is 8.25. The van der Waals surface area contributed by atoms with Gasteiger partial charge in [-0.2, -0.15) is 0 Å². The molecule has 0 unspecified atom stereocenters. The van der Waals surface area contributed by atoms with Gasteiger partial charge in [-0.05, 0) is 24.3 Å². The number of hydrogen-bond acceptors (Lipinski definition) is 3. The zero-order valence-electron chi connectivity index (χ0n) is 7.50. The first-order valence-electron chi connectivity index (χ1n) is 4.07. The molecule has 0 aliphatic heterocycles. The smallest absolute Gasteiger partial charge is 0.411 e. The van der Waals surface area contributed by atoms with Crippen molar-refractivity contribution in [1.29, 1.82) is 0 Å². The Morgan fingerprint density at radius 3 is 2.64 bits per heavy atom. The lowest BCUT2D eigenvalue weighted by atomic mass is 10.3. The van der Waals surface area contributed by atoms with Crippen LogP contribution in [0.1, 0.15) is 0 Å². The van der Waals surface area contributed by atoms with Gasteiger partial charge >= 0.3 is 6.09 Å². The van der Waals surface area contributed by atoms with E-state index in [0.29, 0.717) is 11.4 Å². The SMILES string of the molecule is Nc1ccc(NC(=O)OCCCl)cc1. The zero-order chi connectivity index (χ0) is 10.4. The van der Waals surface area contributed by atoms with Crippen molar-refractivity contribution in [1.82, 2.24) is 0 Å². The molecule has 0 aliphatic rings. The Labute approximate surface area is 87.0 Å². The third-order valence-electron chi connectivity index (χ3n) is 1.47. The number of ether oxygens (including phenoxy) is 1. The normalized spacial score (nSPS) is 9.50. The number of nitrogens with two attached hydrogens (primary N) is 1. The molecule has 0 spiro atoms. The van der Waals surface area contributed by atoms with E-state index in [0.717, 1.165) is 0 Å². The van der Waals surface area contributed by atoms with Gasteiger partial charge < -0.3 is 10.5 Å². The molecule has 0 aromatic heterocycles. The number of alkyl halides is 1. The fraction of sp³-hybridized carbons (Fsp3) is 0.222. The Morgan fingerprint density at radius 2 is 2.07 bits per heavy atom. The lowest BCUT2D eigenvalue weighted by Crippen LogP contribution is -2.14. The molecule has 14 heavy (non-hydrogen) atoms. The number of carbonyl (C=O) groups excluding carboxylic acids is 1. The van der Waals surface area contributed by atoms with Crippen LogP contribution < -0.4 is 11.1 Å². The fourth-order valence-corrected chi connectivity index (χ4v) is 0.929. The van der Waals surface area contributed by atoms with Gasteiger partial charge in [-0.25, -0.2) is 4.79 Å². The van der Waals surface area contributed by atoms with Crippen LogP contribution in [0.15, 0.2) is 24.3 Å². The average Bonchev–Trinajstić information content (AvgIpc) is 2.18. The van der Waals surface area contributed by atoms with E-state index in [-0.39, 0.29) is 12.5 Å². The van der Waals surface area contributed by atoms with E-state index in [4.69, 9.17) is 22.1 Å². The Kier molecular flexibility index (Phi) is 4.07. The molecule has 1 rings (SSSR count). The van der Waals surface area contributed by atoms with Crippen LogP contribution in [0.5, 0.6) is 0 Å². The molecule has 0 bridgehead atoms. The number of amides is 1. The maximum atomic E-state index is 11.0. The summed E-state index contributed by atoms with van der Waals surface area (Å²) < 4.78 is 4.71. The van der Waals surface area contributed by atoms with Crippen LogP contribution in [0.25, 0.3) is 0 Å². The van der Waals surface area contributed by atoms with Gasteiger partial charge in [0.25, 0.3) is 0 Å². The third kappa shape index (κ3) is 3.53. The number of rotatable bonds is 3. The van der Waals surface area contributed by atoms with Crippen LogP contribution in [-0.2, 0) is 4.74 Å². The van der Waals surface area contributed by atoms with Crippen LogP contribution in [0, 0.1) is 0 Å². The molecular weight excluding hydrogens is 204 g/mol. The molecule has 0 aliphatic carbocycles. The average molecular weight is 215 g/mol. The Hall–Kier alpha value is -1.42. The van der Waals surface area contributed by atoms with Crippen LogP contribution in [-0.4, -0.2) is 18.6 Å². The molecule has 0 fully saturated rings. The maximum Gasteiger partial charge on any atom is 0.411 e. The number of nitrogens with one attached hydrogen (secondary N) is 1. The molecule has 0 atom stereocenters. The molecule has 4 nitrogen and oxygen atoms in total. The summed E-state index contributed by atoms with van der Waals surface area (Å²) in [5.74, 6) is 0.287. The molecule has 0 heterocycles. The minimum absolute atomic E-state index is 0.197. The van der Waals surface area contributed by atoms with Crippen molar-refractivity contribution in [3.63, 3.8) is 0 Å². The second-order valence-electron chi connectivity index (χ2n) is 2.57. The van der Waals surface area contributed by atoms with Crippen molar-refractivity contribution in [2.24, 2.45) is 0 Å². The number of halogens is 1. The van der Waals surface area contributed by atoms with Crippen LogP contribution >= 0.6 is 11.6 Å². The highest BCUT2D eigenvalue weighted by atomic mass is 35.5. The number of carbonyl (C=O) groups is 1. The Morgan fingerprint density at radius 1 is 1.43 bits per heavy atom. The summed E-state index contributed by atoms with van der Waals surface area (Å²) in [6.07, 6.45) is -0.518. The monoisotopic (exact) mass is 214 g/mol. The molecule has 1 aromatic carbocycles. The maximum absolute atomic E-state index is 11.0. The Bertz CT molecular complexity index is 300. The van der Waals surface area contributed by atoms with E-state index >= 15 is 0 Å². The summed E-state index contributed by atoms with van der Waals surface area (Å²) in [6, 6.07) is 6.77. The first-order chi connectivity index (χ1) is 6.72. The predicted molar refractivity (Wildman–Crippen MR) is 56.5 cm³/mol. The largest absolute Gasteiger partial charge is 0.448 e. The fourth-order valence-electron chi connectivity index (χ4n) is 0.852. The molecule has 5 heteroatoms. The highest BCUT2D eigenvalue weighted by Gasteiger charge is 2.01. The summed E-state index contributed by atoms with van der Waals surface area (Å²) in [7, 11) is 0. The number of anilines is 2. The van der Waals surface area contributed by atoms with Gasteiger partial charge in [-0.1, -0.05) is 0 Å². The van der Waals surface area contributed by atoms with Gasteiger partial charge in [0.1, 0.15) is 6.61 Å². The Balaban J connectivity index is 2.44. The quantitative estimate of drug-likeness (QED) is 0.598. The van der Waals surface area contributed by atoms with E-state index in [1.807, 2.05) is 0 Å². The topological polar surface area (TPSA) is 64.3 Å². The van der Waals surface area contributed by atoms with Crippen LogP contribution in [0.2, 0.25) is 0 Å². The number of hydrogen-bond donors (Lipinski definition) is 2. The summed E-state index contributed by atoms with van der Waals surface area (Å²) in [5.41, 5.74) is 6.76. The van der Waals surface area contributed by atoms with Crippen molar-refractivity contribution in [3.05, 3.63) is 24.3 Å². The lowest BCUT2D eigenvalue weighted by Gasteiger charge is -2.05. The third-order valence-corrected chi connectivity index (χ3v) is 1.62. The van der Waals surface area contributed by atoms with Crippen molar-refractivity contribution in [2.45, 2.75) is 0 Å². The van der Waals surface area contributed by atoms with E-state index < -0.39 is 6.09 Å². The predicted octanol–water partition coefficient (Wildman–Crippen LogP) is 2.06. The second-order valence-corrected chi connectivity index (χ2v) is 2.95. The van der Waals surface area contributed by atoms with E-state index in [2.05, 4.69) is 5.32 Å². The van der Waals surface area contributed by atoms with Gasteiger partial charge in [0.15, 0.2) is 0 Å². The van der Waals surface area contributed by atoms with Crippen LogP contribution in [0.3, 0.4) is 0 Å². The molecule has 0 saturated heterocycles. The number of nitrogen functional groups attached to an aromatic ring is 1. The van der Waals surface area contributed by atoms with E-state index in [9.17, 15) is 4.79 Å². The standard InChI is InChI=1S/C9H11ClN2O2/c10-5-6-14-9(13)12-8-3-1-7(11)2-4-8/h1-4H,5-6,11H2,(H,12,13). The molecule has 3 N–H and O–H groups in total. The van der Waals surface area contributed by atoms with Gasteiger partial charge in [0.05, 0.1) is 5.88 Å². The van der Waals surface area contributed by atoms with Gasteiger partial charge in [-0.3, -0.25) is 5.32 Å². The van der Waals surface area contributed by atoms with E-state index in [1.54, 1.807) is 24.3 Å². The summed E-state index contributed by atoms with van der Waals surface area (Å²) in [6.45, 7) is 0.197. The van der Waals surface area contributed by atoms with Gasteiger partial charge in [0.2, 0.25) is 0 Å². The van der Waals surface area contributed by atoms with E-state index in [1.165, 1.54) is 0 Å². The minimum Gasteiger partial charge on any atom is -0.448 e. The number of benzene rings is 1. The van der Waals surface area contributed by atoms with Crippen molar-refractivity contribution < 1.29 is 9.53 Å². The minimum atomic E-state index is -0.518. The van der Waals surface area contributed by atoms with Crippen molar-refractivity contribution in [3.8, 4) is 0 Å². The second kappa shape index (κ2) is 5.34. The van der Waals surface area contributed by atoms with Crippen molar-refractivity contribution in [2.75, 3.05) is 23.5 Å². The molecule has 1 amide bonds. The summed E-state index contributed by atoms with van der Waals surface area (Å²) >= 11 is 5.35. The molecule has 1 aromatic rings. The van der Waals surface area contributed by atoms with Crippen molar-refractivity contribution >= 4 is 29.1 Å². The van der Waals surface area contributed by atoms with Crippen LogP contribution in [0.4, 0.5) is 16.2 Å². The highest BCUT2D eigenvalue weighted by Crippen LogP contribution is 2.10. The highest BCUT2D eigenvalue weighted by molar-refractivity contribution is 6.18. The first-order valence-corrected chi connectivity index (χ1v) is 4.61. The summed E-state index contributed by atoms with van der Waals surface area (Å²) in [5, 5.41) is 2.53. The summed E-state index contributed by atoms with van der Waals surface area (Å²) in [4.78, 5) is 11.0. The molecule has 0 radical (unpaired) electrons. The van der Waals surface area contributed by atoms with Gasteiger partial charge in [0, 0.05) is 11.4 Å². The molecule has 76 valence electrons. The molecule has 0 saturated carbocycles.